The van der Waals surface area contributed by atoms with E-state index in [-0.39, 0.29) is 0 Å². The molecule has 2 aliphatic heterocycles. The number of aliphatic imine (C=N–C) groups is 2. The highest BCUT2D eigenvalue weighted by Gasteiger charge is 2.29. The Morgan fingerprint density at radius 1 is 1.04 bits per heavy atom. The largest absolute Gasteiger partial charge is 0.379 e. The van der Waals surface area contributed by atoms with Gasteiger partial charge in [-0.05, 0) is 54.4 Å². The lowest BCUT2D eigenvalue weighted by molar-refractivity contribution is 0.0360. The molecule has 3 aliphatic rings. The zero-order valence-corrected chi connectivity index (χ0v) is 28.1. The maximum atomic E-state index is 5.47. The Kier molecular flexibility index (Phi) is 10.1. The summed E-state index contributed by atoms with van der Waals surface area (Å²) >= 11 is 0. The van der Waals surface area contributed by atoms with Crippen LogP contribution in [0.25, 0.3) is 22.4 Å². The number of hydrogen-bond acceptors (Lipinski definition) is 7. The number of rotatable bonds is 9. The fourth-order valence-corrected chi connectivity index (χ4v) is 6.62. The molecule has 2 aromatic heterocycles. The van der Waals surface area contributed by atoms with Gasteiger partial charge in [0.15, 0.2) is 5.82 Å². The van der Waals surface area contributed by atoms with Crippen LogP contribution in [0, 0.1) is 5.92 Å². The van der Waals surface area contributed by atoms with E-state index in [2.05, 4.69) is 84.3 Å². The van der Waals surface area contributed by atoms with Crippen molar-refractivity contribution in [2.45, 2.75) is 59.4 Å². The third-order valence-electron chi connectivity index (χ3n) is 9.39. The van der Waals surface area contributed by atoms with Gasteiger partial charge in [-0.3, -0.25) is 19.3 Å². The molecule has 0 radical (unpaired) electrons. The molecule has 1 saturated heterocycles. The normalized spacial score (nSPS) is 19.6. The van der Waals surface area contributed by atoms with Gasteiger partial charge < -0.3 is 10.1 Å². The van der Waals surface area contributed by atoms with Crippen molar-refractivity contribution < 1.29 is 4.74 Å². The number of nitrogens with zero attached hydrogens (tertiary/aromatic N) is 7. The zero-order valence-electron chi connectivity index (χ0n) is 28.1. The van der Waals surface area contributed by atoms with Gasteiger partial charge in [-0.2, -0.15) is 10.2 Å². The first kappa shape index (κ1) is 31.9. The highest BCUT2D eigenvalue weighted by molar-refractivity contribution is 6.10. The number of hydrogen-bond donors (Lipinski definition) is 1. The van der Waals surface area contributed by atoms with Gasteiger partial charge in [-0.1, -0.05) is 56.2 Å². The Bertz CT molecular complexity index is 1680. The number of benzene rings is 1. The molecule has 0 saturated carbocycles. The number of allylic oxidation sites excluding steroid dienone is 5. The second-order valence-corrected chi connectivity index (χ2v) is 12.7. The fraction of sp³-hybridized carbons (Fsp3) is 0.459. The van der Waals surface area contributed by atoms with E-state index in [9.17, 15) is 0 Å². The van der Waals surface area contributed by atoms with E-state index >= 15 is 0 Å². The van der Waals surface area contributed by atoms with Crippen LogP contribution >= 0.6 is 0 Å². The average Bonchev–Trinajstić information content (AvgIpc) is 3.66. The van der Waals surface area contributed by atoms with Crippen LogP contribution in [-0.4, -0.2) is 76.4 Å². The van der Waals surface area contributed by atoms with Crippen LogP contribution in [0.2, 0.25) is 0 Å². The summed E-state index contributed by atoms with van der Waals surface area (Å²) < 4.78 is 9.55. The molecular formula is C37H48N8O. The van der Waals surface area contributed by atoms with Gasteiger partial charge in [0, 0.05) is 76.0 Å². The van der Waals surface area contributed by atoms with Gasteiger partial charge in [0.25, 0.3) is 0 Å². The summed E-state index contributed by atoms with van der Waals surface area (Å²) in [4.78, 5) is 11.7. The van der Waals surface area contributed by atoms with Gasteiger partial charge >= 0.3 is 0 Å². The van der Waals surface area contributed by atoms with E-state index in [1.165, 1.54) is 50.4 Å². The zero-order chi connectivity index (χ0) is 32.0. The predicted octanol–water partition coefficient (Wildman–Crippen LogP) is 6.65. The summed E-state index contributed by atoms with van der Waals surface area (Å²) in [5.41, 5.74) is 11.1. The number of aromatic nitrogens is 4. The fourth-order valence-electron chi connectivity index (χ4n) is 6.62. The summed E-state index contributed by atoms with van der Waals surface area (Å²) in [7, 11) is 3.91. The van der Waals surface area contributed by atoms with Crippen molar-refractivity contribution in [3.63, 3.8) is 0 Å². The third-order valence-corrected chi connectivity index (χ3v) is 9.39. The molecule has 1 N–H and O–H groups in total. The molecule has 242 valence electrons. The Balaban J connectivity index is 1.22. The molecule has 0 bridgehead atoms. The number of nitrogens with one attached hydrogen (secondary N) is 1. The summed E-state index contributed by atoms with van der Waals surface area (Å²) in [6.45, 7) is 12.2. The highest BCUT2D eigenvalue weighted by atomic mass is 16.5. The molecule has 3 aromatic rings. The van der Waals surface area contributed by atoms with E-state index in [0.717, 1.165) is 83.2 Å². The summed E-state index contributed by atoms with van der Waals surface area (Å²) in [6.07, 6.45) is 13.1. The van der Waals surface area contributed by atoms with Crippen LogP contribution in [0.5, 0.6) is 0 Å². The van der Waals surface area contributed by atoms with Crippen LogP contribution in [-0.2, 0) is 24.8 Å². The lowest BCUT2D eigenvalue weighted by Crippen LogP contribution is -2.38. The SMILES string of the molecule is CCC(C)/C=C(\C=NC)c1ccc(-c2c3c(nn2C)CC/C2=C/N=C(Nc4ccn(CCN5CCOCC5)n4)CCC(C)=C23)cc1. The van der Waals surface area contributed by atoms with Gasteiger partial charge in [0.2, 0.25) is 0 Å². The van der Waals surface area contributed by atoms with Crippen LogP contribution in [0.15, 0.2) is 69.9 Å². The molecule has 1 atom stereocenters. The Morgan fingerprint density at radius 2 is 1.85 bits per heavy atom. The van der Waals surface area contributed by atoms with Crippen molar-refractivity contribution >= 4 is 29.0 Å². The molecule has 9 nitrogen and oxygen atoms in total. The van der Waals surface area contributed by atoms with Crippen LogP contribution in [0.1, 0.15) is 63.3 Å². The molecule has 0 spiro atoms. The first-order valence-electron chi connectivity index (χ1n) is 16.8. The second kappa shape index (κ2) is 14.6. The first-order valence-corrected chi connectivity index (χ1v) is 16.8. The smallest absolute Gasteiger partial charge is 0.153 e. The van der Waals surface area contributed by atoms with Gasteiger partial charge in [0.1, 0.15) is 5.84 Å². The highest BCUT2D eigenvalue weighted by Crippen LogP contribution is 2.44. The predicted molar refractivity (Wildman–Crippen MR) is 189 cm³/mol. The molecule has 9 heteroatoms. The molecule has 1 aromatic carbocycles. The maximum Gasteiger partial charge on any atom is 0.153 e. The van der Waals surface area contributed by atoms with Crippen molar-refractivity contribution in [3.05, 3.63) is 76.8 Å². The average molecular weight is 621 g/mol. The van der Waals surface area contributed by atoms with Crippen LogP contribution < -0.4 is 5.32 Å². The minimum absolute atomic E-state index is 0.498. The van der Waals surface area contributed by atoms with Crippen molar-refractivity contribution in [2.75, 3.05) is 45.2 Å². The number of fused-ring (bicyclic) bond motifs is 3. The van der Waals surface area contributed by atoms with Crippen LogP contribution in [0.3, 0.4) is 0 Å². The van der Waals surface area contributed by atoms with Crippen molar-refractivity contribution in [1.82, 2.24) is 24.5 Å². The Labute approximate surface area is 273 Å². The molecule has 1 aliphatic carbocycles. The number of aryl methyl sites for hydroxylation is 2. The van der Waals surface area contributed by atoms with Gasteiger partial charge in [0.05, 0.1) is 31.1 Å². The number of anilines is 1. The van der Waals surface area contributed by atoms with Crippen molar-refractivity contribution in [1.29, 1.82) is 0 Å². The number of amidine groups is 1. The molecule has 6 rings (SSSR count). The molecule has 46 heavy (non-hydrogen) atoms. The summed E-state index contributed by atoms with van der Waals surface area (Å²) in [5, 5.41) is 13.3. The number of morpholine rings is 1. The first-order chi connectivity index (χ1) is 22.4. The lowest BCUT2D eigenvalue weighted by Gasteiger charge is -2.26. The minimum atomic E-state index is 0.498. The monoisotopic (exact) mass is 620 g/mol. The topological polar surface area (TPSA) is 84.9 Å². The molecular weight excluding hydrogens is 572 g/mol. The van der Waals surface area contributed by atoms with E-state index < -0.39 is 0 Å². The van der Waals surface area contributed by atoms with Crippen molar-refractivity contribution in [2.24, 2.45) is 23.0 Å². The van der Waals surface area contributed by atoms with E-state index in [0.29, 0.717) is 5.92 Å². The van der Waals surface area contributed by atoms with E-state index in [1.54, 1.807) is 0 Å². The van der Waals surface area contributed by atoms with Crippen molar-refractivity contribution in [3.8, 4) is 11.3 Å². The molecule has 4 heterocycles. The molecule has 1 unspecified atom stereocenters. The molecule has 1 fully saturated rings. The minimum Gasteiger partial charge on any atom is -0.379 e. The standard InChI is InChI=1S/C37H48N8O/c1-6-26(2)23-31(24-38-4)28-8-10-29(11-9-28)37-36-32(41-43(37)5)13-12-30-25-39-33(14-7-27(3)35(30)36)40-34-15-16-45(42-34)18-17-44-19-21-46-22-20-44/h8-11,15-16,23-26H,6-7,12-14,17-22H2,1-5H3,(H,39,40,42)/b30-25-,31-23+,35-27?,38-24?. The van der Waals surface area contributed by atoms with Crippen LogP contribution in [0.4, 0.5) is 5.82 Å². The number of ether oxygens (including phenoxy) is 1. The quantitative estimate of drug-likeness (QED) is 0.271. The second-order valence-electron chi connectivity index (χ2n) is 12.7. The third kappa shape index (κ3) is 7.16. The Morgan fingerprint density at radius 3 is 2.61 bits per heavy atom. The molecule has 0 amide bonds. The van der Waals surface area contributed by atoms with E-state index in [4.69, 9.17) is 19.9 Å². The van der Waals surface area contributed by atoms with Gasteiger partial charge in [-0.25, -0.2) is 4.99 Å². The summed E-state index contributed by atoms with van der Waals surface area (Å²) in [6, 6.07) is 10.9. The van der Waals surface area contributed by atoms with E-state index in [1.807, 2.05) is 30.2 Å². The Hall–Kier alpha value is -4.08. The van der Waals surface area contributed by atoms with Gasteiger partial charge in [-0.15, -0.1) is 0 Å². The summed E-state index contributed by atoms with van der Waals surface area (Å²) in [5.74, 6) is 2.30. The maximum absolute atomic E-state index is 5.47. The lowest BCUT2D eigenvalue weighted by atomic mass is 9.81.